The number of rotatable bonds is 6. The summed E-state index contributed by atoms with van der Waals surface area (Å²) in [5.41, 5.74) is 2.03. The number of phenols is 1. The molecule has 1 saturated heterocycles. The minimum Gasteiger partial charge on any atom is -0.504 e. The summed E-state index contributed by atoms with van der Waals surface area (Å²) in [5, 5.41) is 10.4. The van der Waals surface area contributed by atoms with Gasteiger partial charge in [0.05, 0.1) is 38.9 Å². The van der Waals surface area contributed by atoms with Gasteiger partial charge in [-0.05, 0) is 30.2 Å². The molecule has 0 unspecified atom stereocenters. The number of anilines is 1. The van der Waals surface area contributed by atoms with Gasteiger partial charge in [0, 0.05) is 12.4 Å². The van der Waals surface area contributed by atoms with Crippen molar-refractivity contribution in [2.45, 2.75) is 13.0 Å². The topological polar surface area (TPSA) is 62.9 Å². The van der Waals surface area contributed by atoms with Gasteiger partial charge in [0.1, 0.15) is 6.54 Å². The summed E-state index contributed by atoms with van der Waals surface area (Å²) in [6.07, 6.45) is 6.17. The second kappa shape index (κ2) is 7.98. The molecule has 0 radical (unpaired) electrons. The van der Waals surface area contributed by atoms with Gasteiger partial charge in [-0.25, -0.2) is 9.97 Å². The van der Waals surface area contributed by atoms with Crippen molar-refractivity contribution in [1.29, 1.82) is 0 Å². The molecular weight excluding hydrogens is 316 g/mol. The van der Waals surface area contributed by atoms with Gasteiger partial charge in [0.2, 0.25) is 5.95 Å². The van der Waals surface area contributed by atoms with E-state index in [1.165, 1.54) is 4.90 Å². The van der Waals surface area contributed by atoms with Crippen molar-refractivity contribution in [3.8, 4) is 11.5 Å². The van der Waals surface area contributed by atoms with Gasteiger partial charge in [0.25, 0.3) is 0 Å². The quantitative estimate of drug-likeness (QED) is 0.762. The molecule has 1 aliphatic heterocycles. The standard InChI is InChI=1S/C19H24N4O2/c1-3-5-15-12-16(18(24)17(13-15)25-2)14-22-8-10-23(11-9-22)19-20-6-4-7-21-19/h3-4,6-7,12-13,24H,1,5,8-11,14H2,2H3/p+1. The van der Waals surface area contributed by atoms with Crippen LogP contribution in [0.4, 0.5) is 5.95 Å². The number of quaternary nitrogens is 1. The molecule has 3 rings (SSSR count). The Morgan fingerprint density at radius 1 is 1.28 bits per heavy atom. The van der Waals surface area contributed by atoms with Crippen molar-refractivity contribution in [3.05, 3.63) is 54.4 Å². The lowest BCUT2D eigenvalue weighted by Gasteiger charge is -2.32. The van der Waals surface area contributed by atoms with Crippen LogP contribution in [-0.4, -0.2) is 48.4 Å². The van der Waals surface area contributed by atoms with Crippen LogP contribution in [0.2, 0.25) is 0 Å². The van der Waals surface area contributed by atoms with E-state index in [0.717, 1.165) is 56.2 Å². The molecule has 0 bridgehead atoms. The van der Waals surface area contributed by atoms with Crippen molar-refractivity contribution < 1.29 is 14.7 Å². The summed E-state index contributed by atoms with van der Waals surface area (Å²) >= 11 is 0. The predicted octanol–water partition coefficient (Wildman–Crippen LogP) is 0.824. The third kappa shape index (κ3) is 4.09. The average Bonchev–Trinajstić information content (AvgIpc) is 2.66. The van der Waals surface area contributed by atoms with Gasteiger partial charge in [0.15, 0.2) is 11.5 Å². The smallest absolute Gasteiger partial charge is 0.225 e. The molecule has 6 heteroatoms. The number of aromatic hydroxyl groups is 1. The molecule has 2 aromatic rings. The van der Waals surface area contributed by atoms with Crippen LogP contribution in [0.15, 0.2) is 43.2 Å². The fraction of sp³-hybridized carbons (Fsp3) is 0.368. The van der Waals surface area contributed by atoms with Crippen LogP contribution in [0.5, 0.6) is 11.5 Å². The van der Waals surface area contributed by atoms with Crippen molar-refractivity contribution >= 4 is 5.95 Å². The molecule has 132 valence electrons. The van der Waals surface area contributed by atoms with Crippen LogP contribution in [0, 0.1) is 0 Å². The Hall–Kier alpha value is -2.60. The number of methoxy groups -OCH3 is 1. The van der Waals surface area contributed by atoms with Crippen molar-refractivity contribution in [1.82, 2.24) is 9.97 Å². The van der Waals surface area contributed by atoms with E-state index < -0.39 is 0 Å². The van der Waals surface area contributed by atoms with Crippen LogP contribution in [0.1, 0.15) is 11.1 Å². The van der Waals surface area contributed by atoms with Crippen LogP contribution in [0.25, 0.3) is 0 Å². The Bertz CT molecular complexity index is 713. The Balaban J connectivity index is 1.67. The van der Waals surface area contributed by atoms with E-state index >= 15 is 0 Å². The maximum atomic E-state index is 10.4. The largest absolute Gasteiger partial charge is 0.504 e. The number of allylic oxidation sites excluding steroid dienone is 1. The Labute approximate surface area is 148 Å². The van der Waals surface area contributed by atoms with Gasteiger partial charge >= 0.3 is 0 Å². The normalized spacial score (nSPS) is 15.2. The van der Waals surface area contributed by atoms with Gasteiger partial charge in [-0.3, -0.25) is 0 Å². The summed E-state index contributed by atoms with van der Waals surface area (Å²) in [6.45, 7) is 8.33. The van der Waals surface area contributed by atoms with E-state index in [9.17, 15) is 5.11 Å². The highest BCUT2D eigenvalue weighted by Crippen LogP contribution is 2.31. The predicted molar refractivity (Wildman–Crippen MR) is 97.2 cm³/mol. The lowest BCUT2D eigenvalue weighted by atomic mass is 10.1. The molecule has 1 aromatic carbocycles. The molecule has 25 heavy (non-hydrogen) atoms. The summed E-state index contributed by atoms with van der Waals surface area (Å²) in [7, 11) is 1.59. The first-order valence-corrected chi connectivity index (χ1v) is 8.56. The van der Waals surface area contributed by atoms with Gasteiger partial charge < -0.3 is 19.6 Å². The third-order valence-electron chi connectivity index (χ3n) is 4.56. The zero-order valence-corrected chi connectivity index (χ0v) is 14.6. The lowest BCUT2D eigenvalue weighted by molar-refractivity contribution is -0.914. The summed E-state index contributed by atoms with van der Waals surface area (Å²) in [6, 6.07) is 5.76. The van der Waals surface area contributed by atoms with E-state index in [1.54, 1.807) is 19.5 Å². The number of ether oxygens (including phenoxy) is 1. The molecule has 2 N–H and O–H groups in total. The zero-order valence-electron chi connectivity index (χ0n) is 14.6. The molecular formula is C19H25N4O2+. The van der Waals surface area contributed by atoms with Crippen LogP contribution < -0.4 is 14.5 Å². The minimum absolute atomic E-state index is 0.247. The van der Waals surface area contributed by atoms with Crippen molar-refractivity contribution in [3.63, 3.8) is 0 Å². The Kier molecular flexibility index (Phi) is 5.50. The monoisotopic (exact) mass is 341 g/mol. The third-order valence-corrected chi connectivity index (χ3v) is 4.56. The van der Waals surface area contributed by atoms with E-state index in [-0.39, 0.29) is 5.75 Å². The Morgan fingerprint density at radius 3 is 2.64 bits per heavy atom. The first kappa shape index (κ1) is 17.2. The number of nitrogens with zero attached hydrogens (tertiary/aromatic N) is 3. The molecule has 6 nitrogen and oxygen atoms in total. The number of hydrogen-bond acceptors (Lipinski definition) is 5. The van der Waals surface area contributed by atoms with Crippen molar-refractivity contribution in [2.24, 2.45) is 0 Å². The maximum Gasteiger partial charge on any atom is 0.225 e. The minimum atomic E-state index is 0.247. The first-order valence-electron chi connectivity index (χ1n) is 8.56. The first-order chi connectivity index (χ1) is 12.2. The van der Waals surface area contributed by atoms with Crippen LogP contribution in [-0.2, 0) is 13.0 Å². The zero-order chi connectivity index (χ0) is 17.6. The molecule has 0 amide bonds. The number of piperazine rings is 1. The molecule has 0 atom stereocenters. The van der Waals surface area contributed by atoms with E-state index in [2.05, 4.69) is 27.5 Å². The number of phenolic OH excluding ortho intramolecular Hbond substituents is 1. The summed E-state index contributed by atoms with van der Waals surface area (Å²) < 4.78 is 5.32. The highest BCUT2D eigenvalue weighted by molar-refractivity contribution is 5.48. The van der Waals surface area contributed by atoms with E-state index in [4.69, 9.17) is 4.74 Å². The summed E-state index contributed by atoms with van der Waals surface area (Å²) in [4.78, 5) is 12.3. The van der Waals surface area contributed by atoms with Gasteiger partial charge in [-0.2, -0.15) is 0 Å². The lowest BCUT2D eigenvalue weighted by Crippen LogP contribution is -3.13. The molecule has 0 aliphatic carbocycles. The fourth-order valence-corrected chi connectivity index (χ4v) is 3.23. The maximum absolute atomic E-state index is 10.4. The highest BCUT2D eigenvalue weighted by Gasteiger charge is 2.23. The van der Waals surface area contributed by atoms with Gasteiger partial charge in [-0.15, -0.1) is 6.58 Å². The molecule has 0 saturated carbocycles. The Morgan fingerprint density at radius 2 is 2.00 bits per heavy atom. The average molecular weight is 341 g/mol. The second-order valence-electron chi connectivity index (χ2n) is 6.26. The number of benzene rings is 1. The number of hydrogen-bond donors (Lipinski definition) is 2. The SMILES string of the molecule is C=CCc1cc(C[NH+]2CCN(c3ncccn3)CC2)c(O)c(OC)c1. The fourth-order valence-electron chi connectivity index (χ4n) is 3.23. The second-order valence-corrected chi connectivity index (χ2v) is 6.26. The highest BCUT2D eigenvalue weighted by atomic mass is 16.5. The number of nitrogens with one attached hydrogen (secondary N) is 1. The molecule has 0 spiro atoms. The van der Waals surface area contributed by atoms with Gasteiger partial charge in [-0.1, -0.05) is 6.08 Å². The van der Waals surface area contributed by atoms with Crippen LogP contribution >= 0.6 is 0 Å². The molecule has 1 fully saturated rings. The van der Waals surface area contributed by atoms with E-state index in [1.807, 2.05) is 18.2 Å². The molecule has 1 aliphatic rings. The van der Waals surface area contributed by atoms with Crippen LogP contribution in [0.3, 0.4) is 0 Å². The van der Waals surface area contributed by atoms with Crippen molar-refractivity contribution in [2.75, 3.05) is 38.2 Å². The molecule has 2 heterocycles. The summed E-state index contributed by atoms with van der Waals surface area (Å²) in [5.74, 6) is 1.57. The molecule has 1 aromatic heterocycles. The van der Waals surface area contributed by atoms with E-state index in [0.29, 0.717) is 5.75 Å². The number of aromatic nitrogens is 2.